The van der Waals surface area contributed by atoms with Gasteiger partial charge in [0, 0.05) is 11.6 Å². The maximum atomic E-state index is 11.2. The molecule has 0 bridgehead atoms. The third kappa shape index (κ3) is 3.23. The summed E-state index contributed by atoms with van der Waals surface area (Å²) in [4.78, 5) is 11.2. The summed E-state index contributed by atoms with van der Waals surface area (Å²) < 4.78 is 5.71. The molecule has 22 heavy (non-hydrogen) atoms. The van der Waals surface area contributed by atoms with Gasteiger partial charge in [0.1, 0.15) is 12.4 Å². The third-order valence-electron chi connectivity index (χ3n) is 3.40. The fraction of sp³-hybridized carbons (Fsp3) is 0.0500. The average Bonchev–Trinajstić information content (AvgIpc) is 2.61. The number of aldehydes is 1. The largest absolute Gasteiger partial charge is 0.488 e. The van der Waals surface area contributed by atoms with Crippen molar-refractivity contribution in [1.82, 2.24) is 0 Å². The summed E-state index contributed by atoms with van der Waals surface area (Å²) in [5.41, 5.74) is 3.69. The molecule has 107 valence electrons. The number of hydrogen-bond acceptors (Lipinski definition) is 2. The van der Waals surface area contributed by atoms with Crippen LogP contribution in [0.2, 0.25) is 0 Å². The van der Waals surface area contributed by atoms with Crippen LogP contribution in [0.5, 0.6) is 5.75 Å². The molecule has 0 fully saturated rings. The van der Waals surface area contributed by atoms with Crippen LogP contribution in [0.25, 0.3) is 11.1 Å². The van der Waals surface area contributed by atoms with Gasteiger partial charge in [-0.1, -0.05) is 60.7 Å². The summed E-state index contributed by atoms with van der Waals surface area (Å²) >= 11 is 0. The first kappa shape index (κ1) is 14.1. The molecule has 0 spiro atoms. The van der Waals surface area contributed by atoms with Crippen LogP contribution < -0.4 is 4.74 Å². The van der Waals surface area contributed by atoms with Gasteiger partial charge in [-0.05, 0) is 28.8 Å². The van der Waals surface area contributed by atoms with Gasteiger partial charge < -0.3 is 4.74 Å². The van der Waals surface area contributed by atoms with Crippen molar-refractivity contribution in [2.45, 2.75) is 6.61 Å². The van der Waals surface area contributed by atoms with E-state index >= 15 is 0 Å². The predicted octanol–water partition coefficient (Wildman–Crippen LogP) is 4.55. The average molecular weight is 287 g/mol. The molecule has 1 radical (unpaired) electrons. The molecule has 0 N–H and O–H groups in total. The molecule has 0 atom stereocenters. The van der Waals surface area contributed by atoms with E-state index in [0.717, 1.165) is 28.7 Å². The van der Waals surface area contributed by atoms with Gasteiger partial charge in [0.15, 0.2) is 6.29 Å². The maximum absolute atomic E-state index is 11.2. The van der Waals surface area contributed by atoms with E-state index in [1.807, 2.05) is 72.8 Å². The van der Waals surface area contributed by atoms with Gasteiger partial charge in [0.05, 0.1) is 0 Å². The highest BCUT2D eigenvalue weighted by atomic mass is 16.5. The van der Waals surface area contributed by atoms with Crippen LogP contribution in [0.3, 0.4) is 0 Å². The predicted molar refractivity (Wildman–Crippen MR) is 86.9 cm³/mol. The lowest BCUT2D eigenvalue weighted by molar-refractivity contribution is 0.112. The minimum atomic E-state index is 0.470. The molecule has 0 unspecified atom stereocenters. The fourth-order valence-corrected chi connectivity index (χ4v) is 2.32. The normalized spacial score (nSPS) is 10.2. The van der Waals surface area contributed by atoms with Crippen molar-refractivity contribution in [2.75, 3.05) is 0 Å². The highest BCUT2D eigenvalue weighted by Crippen LogP contribution is 2.24. The molecule has 0 amide bonds. The first-order valence-corrected chi connectivity index (χ1v) is 7.10. The van der Waals surface area contributed by atoms with Gasteiger partial charge in [0.2, 0.25) is 0 Å². The Morgan fingerprint density at radius 3 is 2.64 bits per heavy atom. The van der Waals surface area contributed by atoms with Crippen molar-refractivity contribution in [3.8, 4) is 16.9 Å². The molecule has 3 rings (SSSR count). The van der Waals surface area contributed by atoms with Crippen molar-refractivity contribution < 1.29 is 9.53 Å². The van der Waals surface area contributed by atoms with E-state index in [1.165, 1.54) is 0 Å². The maximum Gasteiger partial charge on any atom is 0.150 e. The summed E-state index contributed by atoms with van der Waals surface area (Å²) in [5, 5.41) is 0. The van der Waals surface area contributed by atoms with Crippen LogP contribution in [0.15, 0.2) is 72.8 Å². The molecule has 3 aromatic rings. The van der Waals surface area contributed by atoms with Gasteiger partial charge in [-0.2, -0.15) is 0 Å². The van der Waals surface area contributed by atoms with E-state index in [1.54, 1.807) is 0 Å². The monoisotopic (exact) mass is 287 g/mol. The van der Waals surface area contributed by atoms with Gasteiger partial charge in [-0.25, -0.2) is 0 Å². The number of ether oxygens (including phenoxy) is 1. The zero-order valence-corrected chi connectivity index (χ0v) is 12.0. The Kier molecular flexibility index (Phi) is 4.30. The van der Waals surface area contributed by atoms with E-state index in [2.05, 4.69) is 6.07 Å². The smallest absolute Gasteiger partial charge is 0.150 e. The number of rotatable bonds is 5. The Balaban J connectivity index is 1.82. The van der Waals surface area contributed by atoms with Crippen LogP contribution in [0.1, 0.15) is 15.9 Å². The van der Waals surface area contributed by atoms with Crippen molar-refractivity contribution in [1.29, 1.82) is 0 Å². The zero-order valence-electron chi connectivity index (χ0n) is 12.0. The van der Waals surface area contributed by atoms with Gasteiger partial charge in [0.25, 0.3) is 0 Å². The van der Waals surface area contributed by atoms with Crippen molar-refractivity contribution in [3.05, 3.63) is 90.0 Å². The Hall–Kier alpha value is -2.87. The number of benzene rings is 3. The molecular formula is C20H15O2. The number of hydrogen-bond donors (Lipinski definition) is 0. The topological polar surface area (TPSA) is 26.3 Å². The molecular weight excluding hydrogens is 272 g/mol. The quantitative estimate of drug-likeness (QED) is 0.644. The standard InChI is InChI=1S/C20H15O2/c21-14-18-8-4-5-12-20(18)17-9-6-7-16(13-17)15-22-19-10-2-1-3-11-19/h1-10,12-14H,15H2. The number of carbonyl (C=O) groups excluding carboxylic acids is 1. The lowest BCUT2D eigenvalue weighted by Crippen LogP contribution is -1.96. The van der Waals surface area contributed by atoms with Crippen LogP contribution in [0, 0.1) is 6.07 Å². The molecule has 2 heteroatoms. The van der Waals surface area contributed by atoms with E-state index in [9.17, 15) is 4.79 Å². The second kappa shape index (κ2) is 6.72. The molecule has 0 saturated carbocycles. The third-order valence-corrected chi connectivity index (χ3v) is 3.40. The first-order valence-electron chi connectivity index (χ1n) is 7.10. The molecule has 0 aromatic heterocycles. The van der Waals surface area contributed by atoms with Crippen molar-refractivity contribution in [3.63, 3.8) is 0 Å². The van der Waals surface area contributed by atoms with Gasteiger partial charge >= 0.3 is 0 Å². The van der Waals surface area contributed by atoms with E-state index < -0.39 is 0 Å². The van der Waals surface area contributed by atoms with Crippen molar-refractivity contribution >= 4 is 6.29 Å². The lowest BCUT2D eigenvalue weighted by atomic mass is 9.99. The molecule has 0 aliphatic carbocycles. The summed E-state index contributed by atoms with van der Waals surface area (Å²) in [6.45, 7) is 0.470. The van der Waals surface area contributed by atoms with E-state index in [4.69, 9.17) is 4.74 Å². The highest BCUT2D eigenvalue weighted by Gasteiger charge is 2.05. The van der Waals surface area contributed by atoms with Crippen LogP contribution >= 0.6 is 0 Å². The Morgan fingerprint density at radius 2 is 1.82 bits per heavy atom. The number of carbonyl (C=O) groups is 1. The van der Waals surface area contributed by atoms with Gasteiger partial charge in [-0.15, -0.1) is 0 Å². The minimum Gasteiger partial charge on any atom is -0.488 e. The molecule has 2 nitrogen and oxygen atoms in total. The summed E-state index contributed by atoms with van der Waals surface area (Å²) in [7, 11) is 0. The Bertz CT molecular complexity index is 763. The fourth-order valence-electron chi connectivity index (χ4n) is 2.32. The second-order valence-electron chi connectivity index (χ2n) is 4.92. The molecule has 0 heterocycles. The second-order valence-corrected chi connectivity index (χ2v) is 4.92. The first-order chi connectivity index (χ1) is 10.9. The molecule has 0 aliphatic heterocycles. The van der Waals surface area contributed by atoms with Crippen LogP contribution in [0.4, 0.5) is 0 Å². The summed E-state index contributed by atoms with van der Waals surface area (Å²) in [6.07, 6.45) is 0.886. The lowest BCUT2D eigenvalue weighted by Gasteiger charge is -2.09. The summed E-state index contributed by atoms with van der Waals surface area (Å²) in [6, 6.07) is 26.2. The zero-order chi connectivity index (χ0) is 15.2. The van der Waals surface area contributed by atoms with E-state index in [-0.39, 0.29) is 0 Å². The SMILES string of the molecule is O=Cc1ccccc1-c1cccc(COc2[c]cccc2)c1. The minimum absolute atomic E-state index is 0.470. The van der Waals surface area contributed by atoms with Crippen LogP contribution in [-0.4, -0.2) is 6.29 Å². The van der Waals surface area contributed by atoms with Crippen LogP contribution in [-0.2, 0) is 6.61 Å². The Morgan fingerprint density at radius 1 is 0.955 bits per heavy atom. The molecule has 0 saturated heterocycles. The number of para-hydroxylation sites is 1. The highest BCUT2D eigenvalue weighted by molar-refractivity contribution is 5.87. The van der Waals surface area contributed by atoms with Crippen molar-refractivity contribution in [2.24, 2.45) is 0 Å². The van der Waals surface area contributed by atoms with Gasteiger partial charge in [-0.3, -0.25) is 4.79 Å². The molecule has 3 aromatic carbocycles. The molecule has 0 aliphatic rings. The van der Waals surface area contributed by atoms with E-state index in [0.29, 0.717) is 12.2 Å². The summed E-state index contributed by atoms with van der Waals surface area (Å²) in [5.74, 6) is 0.723. The Labute approximate surface area is 130 Å².